The Morgan fingerprint density at radius 3 is 2.03 bits per heavy atom. The Hall–Kier alpha value is -3.60. The predicted molar refractivity (Wildman–Crippen MR) is 124 cm³/mol. The number of esters is 1. The van der Waals surface area contributed by atoms with Crippen LogP contribution in [0.15, 0.2) is 60.3 Å². The van der Waals surface area contributed by atoms with E-state index in [9.17, 15) is 9.59 Å². The van der Waals surface area contributed by atoms with E-state index in [1.807, 2.05) is 18.2 Å². The van der Waals surface area contributed by atoms with E-state index < -0.39 is 17.7 Å². The average Bonchev–Trinajstić information content (AvgIpc) is 2.73. The fraction of sp³-hybridized carbons (Fsp3) is 0.231. The second-order valence-corrected chi connectivity index (χ2v) is 8.59. The summed E-state index contributed by atoms with van der Waals surface area (Å²) in [6, 6.07) is 18.6. The zero-order valence-corrected chi connectivity index (χ0v) is 18.3. The molecule has 0 aliphatic heterocycles. The van der Waals surface area contributed by atoms with Crippen LogP contribution < -0.4 is 5.32 Å². The van der Waals surface area contributed by atoms with Gasteiger partial charge in [-0.25, -0.2) is 9.59 Å². The van der Waals surface area contributed by atoms with Crippen LogP contribution in [0.5, 0.6) is 0 Å². The highest BCUT2D eigenvalue weighted by atomic mass is 16.6. The normalized spacial score (nSPS) is 12.8. The van der Waals surface area contributed by atoms with Crippen LogP contribution in [0, 0.1) is 0 Å². The number of benzene rings is 4. The number of amides is 1. The van der Waals surface area contributed by atoms with Crippen molar-refractivity contribution in [3.63, 3.8) is 0 Å². The first-order valence-corrected chi connectivity index (χ1v) is 10.2. The van der Waals surface area contributed by atoms with Gasteiger partial charge in [0.1, 0.15) is 11.3 Å². The molecule has 0 saturated heterocycles. The van der Waals surface area contributed by atoms with E-state index in [4.69, 9.17) is 9.47 Å². The van der Waals surface area contributed by atoms with Gasteiger partial charge in [0.25, 0.3) is 0 Å². The number of carbonyl (C=O) groups is 2. The quantitative estimate of drug-likeness (QED) is 0.253. The smallest absolute Gasteiger partial charge is 0.412 e. The van der Waals surface area contributed by atoms with Gasteiger partial charge in [-0.05, 0) is 71.1 Å². The number of hydrogen-bond acceptors (Lipinski definition) is 4. The maximum absolute atomic E-state index is 12.5. The number of methoxy groups -OCH3 is 1. The molecule has 0 aliphatic rings. The Kier molecular flexibility index (Phi) is 5.05. The molecule has 0 saturated carbocycles. The summed E-state index contributed by atoms with van der Waals surface area (Å²) in [4.78, 5) is 24.9. The zero-order valence-electron chi connectivity index (χ0n) is 18.3. The third kappa shape index (κ3) is 3.79. The molecule has 158 valence electrons. The standard InChI is InChI=1S/C26H25NO4/c1-15(23(24(28)30-5)27-25(29)31-26(2,3)4)19-13-11-18-10-9-16-7-6-8-17-12-14-20(19)22(18)21(16)17/h6-14H,1-5H3,(H,27,29)/b23-15-. The van der Waals surface area contributed by atoms with Gasteiger partial charge in [-0.15, -0.1) is 0 Å². The summed E-state index contributed by atoms with van der Waals surface area (Å²) in [5, 5.41) is 9.36. The molecular weight excluding hydrogens is 390 g/mol. The van der Waals surface area contributed by atoms with Gasteiger partial charge < -0.3 is 9.47 Å². The number of carbonyl (C=O) groups excluding carboxylic acids is 2. The first kappa shape index (κ1) is 20.7. The third-order valence-electron chi connectivity index (χ3n) is 5.32. The van der Waals surface area contributed by atoms with E-state index in [1.165, 1.54) is 12.5 Å². The Morgan fingerprint density at radius 1 is 0.839 bits per heavy atom. The summed E-state index contributed by atoms with van der Waals surface area (Å²) in [6.07, 6.45) is -0.704. The summed E-state index contributed by atoms with van der Waals surface area (Å²) < 4.78 is 10.3. The van der Waals surface area contributed by atoms with Crippen LogP contribution in [0.2, 0.25) is 0 Å². The number of alkyl carbamates (subject to hydrolysis) is 1. The van der Waals surface area contributed by atoms with Crippen LogP contribution in [-0.2, 0) is 14.3 Å². The number of rotatable bonds is 3. The minimum atomic E-state index is -0.704. The van der Waals surface area contributed by atoms with Crippen molar-refractivity contribution in [2.45, 2.75) is 33.3 Å². The molecule has 0 unspecified atom stereocenters. The molecule has 4 rings (SSSR count). The highest BCUT2D eigenvalue weighted by Gasteiger charge is 2.23. The van der Waals surface area contributed by atoms with E-state index in [0.717, 1.165) is 32.5 Å². The maximum Gasteiger partial charge on any atom is 0.412 e. The maximum atomic E-state index is 12.5. The van der Waals surface area contributed by atoms with Crippen LogP contribution in [0.25, 0.3) is 37.9 Å². The predicted octanol–water partition coefficient (Wildman–Crippen LogP) is 6.01. The highest BCUT2D eigenvalue weighted by Crippen LogP contribution is 2.38. The van der Waals surface area contributed by atoms with E-state index >= 15 is 0 Å². The van der Waals surface area contributed by atoms with Crippen molar-refractivity contribution in [2.75, 3.05) is 7.11 Å². The van der Waals surface area contributed by atoms with Crippen LogP contribution >= 0.6 is 0 Å². The lowest BCUT2D eigenvalue weighted by atomic mass is 9.89. The Balaban J connectivity index is 1.93. The first-order valence-electron chi connectivity index (χ1n) is 10.2. The third-order valence-corrected chi connectivity index (χ3v) is 5.32. The van der Waals surface area contributed by atoms with Crippen molar-refractivity contribution >= 4 is 50.0 Å². The molecule has 0 atom stereocenters. The minimum absolute atomic E-state index is 0.0618. The number of hydrogen-bond donors (Lipinski definition) is 1. The molecule has 0 radical (unpaired) electrons. The SMILES string of the molecule is COC(=O)/C(NC(=O)OC(C)(C)C)=C(\C)c1ccc2ccc3cccc4ccc1c2c34. The second kappa shape index (κ2) is 7.58. The van der Waals surface area contributed by atoms with Crippen molar-refractivity contribution in [1.82, 2.24) is 5.32 Å². The summed E-state index contributed by atoms with van der Waals surface area (Å²) in [5.41, 5.74) is 0.830. The molecule has 0 aliphatic carbocycles. The van der Waals surface area contributed by atoms with Gasteiger partial charge in [0, 0.05) is 0 Å². The van der Waals surface area contributed by atoms with Gasteiger partial charge in [-0.1, -0.05) is 54.6 Å². The number of ether oxygens (including phenoxy) is 2. The molecule has 1 amide bonds. The largest absolute Gasteiger partial charge is 0.464 e. The lowest BCUT2D eigenvalue weighted by Crippen LogP contribution is -2.35. The molecule has 0 fully saturated rings. The van der Waals surface area contributed by atoms with Gasteiger partial charge in [0.15, 0.2) is 0 Å². The molecule has 0 aromatic heterocycles. The fourth-order valence-corrected chi connectivity index (χ4v) is 4.00. The topological polar surface area (TPSA) is 64.6 Å². The van der Waals surface area contributed by atoms with E-state index in [1.54, 1.807) is 27.7 Å². The van der Waals surface area contributed by atoms with Crippen LogP contribution in [0.1, 0.15) is 33.3 Å². The van der Waals surface area contributed by atoms with Gasteiger partial charge in [-0.3, -0.25) is 5.32 Å². The molecule has 4 aromatic rings. The Bertz CT molecular complexity index is 1330. The molecule has 0 bridgehead atoms. The van der Waals surface area contributed by atoms with Gasteiger partial charge in [-0.2, -0.15) is 0 Å². The average molecular weight is 415 g/mol. The van der Waals surface area contributed by atoms with Crippen molar-refractivity contribution in [3.05, 3.63) is 65.9 Å². The lowest BCUT2D eigenvalue weighted by Gasteiger charge is -2.21. The summed E-state index contributed by atoms with van der Waals surface area (Å²) in [6.45, 7) is 7.10. The molecular formula is C26H25NO4. The van der Waals surface area contributed by atoms with Crippen LogP contribution in [0.3, 0.4) is 0 Å². The van der Waals surface area contributed by atoms with E-state index in [0.29, 0.717) is 5.57 Å². The second-order valence-electron chi connectivity index (χ2n) is 8.59. The number of allylic oxidation sites excluding steroid dienone is 1. The summed E-state index contributed by atoms with van der Waals surface area (Å²) >= 11 is 0. The van der Waals surface area contributed by atoms with Crippen molar-refractivity contribution in [1.29, 1.82) is 0 Å². The Labute approximate surface area is 181 Å². The number of nitrogens with one attached hydrogen (secondary N) is 1. The fourth-order valence-electron chi connectivity index (χ4n) is 4.00. The molecule has 0 heterocycles. The van der Waals surface area contributed by atoms with Crippen molar-refractivity contribution in [3.8, 4) is 0 Å². The van der Waals surface area contributed by atoms with Crippen molar-refractivity contribution < 1.29 is 19.1 Å². The summed E-state index contributed by atoms with van der Waals surface area (Å²) in [5.74, 6) is -0.631. The molecule has 0 spiro atoms. The molecule has 31 heavy (non-hydrogen) atoms. The molecule has 5 nitrogen and oxygen atoms in total. The lowest BCUT2D eigenvalue weighted by molar-refractivity contribution is -0.136. The van der Waals surface area contributed by atoms with E-state index in [-0.39, 0.29) is 5.70 Å². The zero-order chi connectivity index (χ0) is 22.3. The van der Waals surface area contributed by atoms with Crippen molar-refractivity contribution in [2.24, 2.45) is 0 Å². The Morgan fingerprint density at radius 2 is 1.42 bits per heavy atom. The van der Waals surface area contributed by atoms with Crippen LogP contribution in [-0.4, -0.2) is 24.8 Å². The first-order chi connectivity index (χ1) is 14.7. The highest BCUT2D eigenvalue weighted by molar-refractivity contribution is 6.24. The van der Waals surface area contributed by atoms with Crippen LogP contribution in [0.4, 0.5) is 4.79 Å². The molecule has 5 heteroatoms. The van der Waals surface area contributed by atoms with Gasteiger partial charge in [0.05, 0.1) is 7.11 Å². The minimum Gasteiger partial charge on any atom is -0.464 e. The van der Waals surface area contributed by atoms with E-state index in [2.05, 4.69) is 41.7 Å². The summed E-state index contributed by atoms with van der Waals surface area (Å²) in [7, 11) is 1.29. The molecule has 1 N–H and O–H groups in total. The monoisotopic (exact) mass is 415 g/mol. The molecule has 4 aromatic carbocycles. The van der Waals surface area contributed by atoms with Gasteiger partial charge in [0.2, 0.25) is 0 Å². The van der Waals surface area contributed by atoms with Gasteiger partial charge >= 0.3 is 12.1 Å².